The molecule has 0 saturated carbocycles. The molecule has 5 nitrogen and oxygen atoms in total. The summed E-state index contributed by atoms with van der Waals surface area (Å²) in [5, 5.41) is 13.7. The molecule has 0 aliphatic rings. The number of aliphatic carboxylic acids is 1. The summed E-state index contributed by atoms with van der Waals surface area (Å²) in [6, 6.07) is 28.6. The van der Waals surface area contributed by atoms with Gasteiger partial charge in [-0.05, 0) is 52.8 Å². The lowest BCUT2D eigenvalue weighted by atomic mass is 10.1. The zero-order valence-electron chi connectivity index (χ0n) is 19.6. The van der Waals surface area contributed by atoms with Gasteiger partial charge in [-0.25, -0.2) is 0 Å². The van der Waals surface area contributed by atoms with E-state index in [4.69, 9.17) is 14.9 Å². The van der Waals surface area contributed by atoms with Gasteiger partial charge in [-0.1, -0.05) is 80.6 Å². The van der Waals surface area contributed by atoms with Crippen molar-refractivity contribution in [2.24, 2.45) is 0 Å². The first-order chi connectivity index (χ1) is 16.5. The quantitative estimate of drug-likeness (QED) is 0.305. The van der Waals surface area contributed by atoms with E-state index in [1.807, 2.05) is 30.3 Å². The minimum atomic E-state index is -0.784. The second kappa shape index (κ2) is 10.8. The number of hydrogen-bond donors (Lipinski definition) is 1. The number of aryl methyl sites for hydroxylation is 1. The second-order valence-corrected chi connectivity index (χ2v) is 8.78. The first-order valence-electron chi connectivity index (χ1n) is 11.6. The summed E-state index contributed by atoms with van der Waals surface area (Å²) in [7, 11) is 0. The number of aromatic nitrogens is 2. The monoisotopic (exact) mass is 454 g/mol. The van der Waals surface area contributed by atoms with Crippen molar-refractivity contribution in [3.05, 3.63) is 107 Å². The SMILES string of the molecule is CC(C)c1cc(-c2ccccc2)n(Cc2ccc(COc3ccc(CCC(=O)O)cc3)cc2)n1. The minimum absolute atomic E-state index is 0.136. The summed E-state index contributed by atoms with van der Waals surface area (Å²) in [6.07, 6.45) is 0.661. The molecular formula is C29H30N2O3. The van der Waals surface area contributed by atoms with Gasteiger partial charge >= 0.3 is 5.97 Å². The summed E-state index contributed by atoms with van der Waals surface area (Å²) in [6.45, 7) is 5.51. The van der Waals surface area contributed by atoms with E-state index in [0.717, 1.165) is 28.3 Å². The Labute approximate surface area is 200 Å². The van der Waals surface area contributed by atoms with E-state index < -0.39 is 5.97 Å². The lowest BCUT2D eigenvalue weighted by Crippen LogP contribution is -2.05. The number of nitrogens with zero attached hydrogens (tertiary/aromatic N) is 2. The molecule has 1 N–H and O–H groups in total. The van der Waals surface area contributed by atoms with E-state index >= 15 is 0 Å². The van der Waals surface area contributed by atoms with Gasteiger partial charge in [0.25, 0.3) is 0 Å². The summed E-state index contributed by atoms with van der Waals surface area (Å²) < 4.78 is 7.99. The van der Waals surface area contributed by atoms with Crippen LogP contribution in [-0.4, -0.2) is 20.9 Å². The topological polar surface area (TPSA) is 64.3 Å². The van der Waals surface area contributed by atoms with E-state index in [9.17, 15) is 4.79 Å². The average molecular weight is 455 g/mol. The van der Waals surface area contributed by atoms with Crippen LogP contribution in [0, 0.1) is 0 Å². The molecule has 0 bridgehead atoms. The van der Waals surface area contributed by atoms with Gasteiger partial charge in [-0.15, -0.1) is 0 Å². The highest BCUT2D eigenvalue weighted by atomic mass is 16.5. The van der Waals surface area contributed by atoms with Gasteiger partial charge in [-0.2, -0.15) is 5.10 Å². The maximum Gasteiger partial charge on any atom is 0.303 e. The molecule has 174 valence electrons. The van der Waals surface area contributed by atoms with Crippen molar-refractivity contribution in [3.63, 3.8) is 0 Å². The summed E-state index contributed by atoms with van der Waals surface area (Å²) >= 11 is 0. The van der Waals surface area contributed by atoms with Crippen LogP contribution in [0.3, 0.4) is 0 Å². The van der Waals surface area contributed by atoms with Crippen LogP contribution in [0.2, 0.25) is 0 Å². The first kappa shape index (κ1) is 23.3. The van der Waals surface area contributed by atoms with Crippen molar-refractivity contribution < 1.29 is 14.6 Å². The third-order valence-electron chi connectivity index (χ3n) is 5.77. The molecule has 0 atom stereocenters. The van der Waals surface area contributed by atoms with E-state index in [0.29, 0.717) is 25.5 Å². The van der Waals surface area contributed by atoms with Crippen LogP contribution in [-0.2, 0) is 24.4 Å². The smallest absolute Gasteiger partial charge is 0.303 e. The van der Waals surface area contributed by atoms with Crippen molar-refractivity contribution in [3.8, 4) is 17.0 Å². The summed E-state index contributed by atoms with van der Waals surface area (Å²) in [4.78, 5) is 10.7. The lowest BCUT2D eigenvalue weighted by molar-refractivity contribution is -0.136. The highest BCUT2D eigenvalue weighted by molar-refractivity contribution is 5.67. The molecule has 0 radical (unpaired) electrons. The molecule has 4 aromatic rings. The molecular weight excluding hydrogens is 424 g/mol. The molecule has 34 heavy (non-hydrogen) atoms. The van der Waals surface area contributed by atoms with Crippen molar-refractivity contribution in [2.75, 3.05) is 0 Å². The lowest BCUT2D eigenvalue weighted by Gasteiger charge is -2.10. The Morgan fingerprint density at radius 2 is 1.56 bits per heavy atom. The zero-order chi connectivity index (χ0) is 23.9. The summed E-state index contributed by atoms with van der Waals surface area (Å²) in [5.41, 5.74) is 6.66. The Bertz CT molecular complexity index is 1210. The van der Waals surface area contributed by atoms with Gasteiger partial charge in [0.05, 0.1) is 17.9 Å². The molecule has 0 aliphatic heterocycles. The van der Waals surface area contributed by atoms with Gasteiger partial charge in [0.2, 0.25) is 0 Å². The fourth-order valence-electron chi connectivity index (χ4n) is 3.76. The number of carboxylic acid groups (broad SMARTS) is 1. The van der Waals surface area contributed by atoms with Crippen LogP contribution in [0.5, 0.6) is 5.75 Å². The fraction of sp³-hybridized carbons (Fsp3) is 0.241. The van der Waals surface area contributed by atoms with Gasteiger partial charge in [0, 0.05) is 6.42 Å². The maximum absolute atomic E-state index is 10.7. The minimum Gasteiger partial charge on any atom is -0.489 e. The van der Waals surface area contributed by atoms with Crippen molar-refractivity contribution in [1.29, 1.82) is 0 Å². The Balaban J connectivity index is 1.39. The molecule has 1 aromatic heterocycles. The van der Waals surface area contributed by atoms with Gasteiger partial charge < -0.3 is 9.84 Å². The predicted octanol–water partition coefficient (Wildman–Crippen LogP) is 6.32. The third-order valence-corrected chi connectivity index (χ3v) is 5.77. The molecule has 3 aromatic carbocycles. The highest BCUT2D eigenvalue weighted by Gasteiger charge is 2.12. The van der Waals surface area contributed by atoms with Gasteiger partial charge in [0.15, 0.2) is 0 Å². The standard InChI is InChI=1S/C29H30N2O3/c1-21(2)27-18-28(25-6-4-3-5-7-25)31(30-27)19-23-8-10-24(11-9-23)20-34-26-15-12-22(13-16-26)14-17-29(32)33/h3-13,15-16,18,21H,14,17,19-20H2,1-2H3,(H,32,33). The second-order valence-electron chi connectivity index (χ2n) is 8.78. The molecule has 0 spiro atoms. The number of carboxylic acids is 1. The van der Waals surface area contributed by atoms with E-state index in [1.54, 1.807) is 0 Å². The molecule has 4 rings (SSSR count). The van der Waals surface area contributed by atoms with E-state index in [-0.39, 0.29) is 6.42 Å². The molecule has 1 heterocycles. The van der Waals surface area contributed by atoms with Crippen LogP contribution < -0.4 is 4.74 Å². The average Bonchev–Trinajstić information content (AvgIpc) is 3.28. The Hall–Kier alpha value is -3.86. The Morgan fingerprint density at radius 3 is 2.21 bits per heavy atom. The number of carbonyl (C=O) groups is 1. The van der Waals surface area contributed by atoms with Crippen molar-refractivity contribution >= 4 is 5.97 Å². The molecule has 0 unspecified atom stereocenters. The molecule has 0 saturated heterocycles. The van der Waals surface area contributed by atoms with Crippen LogP contribution in [0.15, 0.2) is 84.9 Å². The molecule has 5 heteroatoms. The molecule has 0 aliphatic carbocycles. The zero-order valence-corrected chi connectivity index (χ0v) is 19.6. The number of hydrogen-bond acceptors (Lipinski definition) is 3. The van der Waals surface area contributed by atoms with Crippen LogP contribution >= 0.6 is 0 Å². The third kappa shape index (κ3) is 6.13. The Morgan fingerprint density at radius 1 is 0.912 bits per heavy atom. The number of ether oxygens (including phenoxy) is 1. The highest BCUT2D eigenvalue weighted by Crippen LogP contribution is 2.25. The van der Waals surface area contributed by atoms with Gasteiger partial charge in [0.1, 0.15) is 12.4 Å². The molecule has 0 amide bonds. The maximum atomic E-state index is 10.7. The van der Waals surface area contributed by atoms with Crippen LogP contribution in [0.1, 0.15) is 48.6 Å². The van der Waals surface area contributed by atoms with E-state index in [1.165, 1.54) is 11.1 Å². The number of rotatable bonds is 10. The first-order valence-corrected chi connectivity index (χ1v) is 11.6. The molecule has 0 fully saturated rings. The van der Waals surface area contributed by atoms with Crippen LogP contribution in [0.4, 0.5) is 0 Å². The number of benzene rings is 3. The van der Waals surface area contributed by atoms with E-state index in [2.05, 4.69) is 73.1 Å². The van der Waals surface area contributed by atoms with Crippen molar-refractivity contribution in [1.82, 2.24) is 9.78 Å². The normalized spacial score (nSPS) is 11.0. The fourth-order valence-corrected chi connectivity index (χ4v) is 3.76. The van der Waals surface area contributed by atoms with Gasteiger partial charge in [-0.3, -0.25) is 9.48 Å². The largest absolute Gasteiger partial charge is 0.489 e. The summed E-state index contributed by atoms with van der Waals surface area (Å²) in [5.74, 6) is 0.357. The van der Waals surface area contributed by atoms with Crippen molar-refractivity contribution in [2.45, 2.75) is 45.8 Å². The Kier molecular flexibility index (Phi) is 7.43. The predicted molar refractivity (Wildman–Crippen MR) is 134 cm³/mol. The van der Waals surface area contributed by atoms with Crippen LogP contribution in [0.25, 0.3) is 11.3 Å².